The molecule has 6 nitrogen and oxygen atoms in total. The Morgan fingerprint density at radius 1 is 1.53 bits per heavy atom. The second-order valence-electron chi connectivity index (χ2n) is 4.12. The highest BCUT2D eigenvalue weighted by Gasteiger charge is 2.13. The van der Waals surface area contributed by atoms with Crippen LogP contribution in [-0.2, 0) is 11.3 Å². The molecule has 1 rings (SSSR count). The molecule has 5 N–H and O–H groups in total. The first-order chi connectivity index (χ1) is 8.02. The lowest BCUT2D eigenvalue weighted by Crippen LogP contribution is -2.38. The molecule has 0 aliphatic rings. The Balaban J connectivity index is 2.74. The van der Waals surface area contributed by atoms with Crippen LogP contribution in [0.1, 0.15) is 19.5 Å². The Morgan fingerprint density at radius 2 is 2.24 bits per heavy atom. The summed E-state index contributed by atoms with van der Waals surface area (Å²) >= 11 is 0. The minimum absolute atomic E-state index is 0.221. The first-order valence-electron chi connectivity index (χ1n) is 5.48. The maximum absolute atomic E-state index is 11.0. The van der Waals surface area contributed by atoms with Gasteiger partial charge in [-0.05, 0) is 26.0 Å². The zero-order chi connectivity index (χ0) is 12.8. The number of anilines is 1. The molecule has 6 heteroatoms. The maximum atomic E-state index is 11.0. The molecule has 1 amide bonds. The summed E-state index contributed by atoms with van der Waals surface area (Å²) in [4.78, 5) is 17.2. The number of amides is 1. The fourth-order valence-corrected chi connectivity index (χ4v) is 1.48. The van der Waals surface area contributed by atoms with E-state index in [0.717, 1.165) is 5.69 Å². The number of nitrogens with two attached hydrogens (primary N) is 2. The molecule has 94 valence electrons. The molecule has 0 aliphatic carbocycles. The van der Waals surface area contributed by atoms with E-state index in [1.165, 1.54) is 0 Å². The van der Waals surface area contributed by atoms with Crippen molar-refractivity contribution >= 4 is 11.7 Å². The van der Waals surface area contributed by atoms with Gasteiger partial charge in [-0.3, -0.25) is 9.69 Å². The van der Waals surface area contributed by atoms with Crippen molar-refractivity contribution in [2.75, 3.05) is 12.0 Å². The Kier molecular flexibility index (Phi) is 4.86. The van der Waals surface area contributed by atoms with Crippen molar-refractivity contribution in [3.05, 3.63) is 23.9 Å². The van der Waals surface area contributed by atoms with Gasteiger partial charge in [-0.1, -0.05) is 6.07 Å². The van der Waals surface area contributed by atoms with E-state index >= 15 is 0 Å². The number of rotatable bonds is 6. The summed E-state index contributed by atoms with van der Waals surface area (Å²) in [5.41, 5.74) is 8.54. The highest BCUT2D eigenvalue weighted by atomic mass is 16.1. The van der Waals surface area contributed by atoms with Crippen molar-refractivity contribution in [1.29, 1.82) is 0 Å². The number of nitrogen functional groups attached to an aromatic ring is 1. The van der Waals surface area contributed by atoms with Gasteiger partial charge in [0.05, 0.1) is 12.2 Å². The van der Waals surface area contributed by atoms with Crippen LogP contribution in [-0.4, -0.2) is 28.4 Å². The molecule has 0 atom stereocenters. The Morgan fingerprint density at radius 3 is 2.76 bits per heavy atom. The molecule has 0 bridgehead atoms. The number of primary amides is 1. The first kappa shape index (κ1) is 13.4. The van der Waals surface area contributed by atoms with Crippen molar-refractivity contribution < 1.29 is 4.79 Å². The molecular formula is C11H19N5O. The number of hydrogen-bond donors (Lipinski definition) is 3. The van der Waals surface area contributed by atoms with Crippen LogP contribution in [0.15, 0.2) is 18.2 Å². The highest BCUT2D eigenvalue weighted by Crippen LogP contribution is 2.08. The minimum Gasteiger partial charge on any atom is -0.369 e. The van der Waals surface area contributed by atoms with Crippen LogP contribution in [0.3, 0.4) is 0 Å². The van der Waals surface area contributed by atoms with Crippen LogP contribution >= 0.6 is 0 Å². The molecule has 17 heavy (non-hydrogen) atoms. The molecule has 1 aromatic heterocycles. The average Bonchev–Trinajstić information content (AvgIpc) is 2.27. The lowest BCUT2D eigenvalue weighted by Gasteiger charge is -2.24. The SMILES string of the molecule is CC(C)N(CC(N)=O)Cc1cccc(NN)n1. The van der Waals surface area contributed by atoms with Crippen LogP contribution < -0.4 is 17.0 Å². The van der Waals surface area contributed by atoms with E-state index < -0.39 is 0 Å². The van der Waals surface area contributed by atoms with Crippen molar-refractivity contribution in [3.8, 4) is 0 Å². The monoisotopic (exact) mass is 237 g/mol. The van der Waals surface area contributed by atoms with Gasteiger partial charge in [-0.25, -0.2) is 10.8 Å². The Hall–Kier alpha value is -1.66. The van der Waals surface area contributed by atoms with Gasteiger partial charge in [-0.2, -0.15) is 0 Å². The zero-order valence-electron chi connectivity index (χ0n) is 10.2. The predicted octanol–water partition coefficient (Wildman–Crippen LogP) is 0.0629. The van der Waals surface area contributed by atoms with Gasteiger partial charge in [0.25, 0.3) is 0 Å². The number of nitrogens with one attached hydrogen (secondary N) is 1. The van der Waals surface area contributed by atoms with Gasteiger partial charge >= 0.3 is 0 Å². The minimum atomic E-state index is -0.341. The van der Waals surface area contributed by atoms with E-state index in [2.05, 4.69) is 10.4 Å². The number of carbonyl (C=O) groups excluding carboxylic acids is 1. The van der Waals surface area contributed by atoms with Crippen LogP contribution in [0.2, 0.25) is 0 Å². The molecule has 0 fully saturated rings. The van der Waals surface area contributed by atoms with Gasteiger partial charge < -0.3 is 11.2 Å². The molecule has 1 aromatic rings. The van der Waals surface area contributed by atoms with Crippen LogP contribution in [0, 0.1) is 0 Å². The van der Waals surface area contributed by atoms with Gasteiger partial charge in [0.1, 0.15) is 5.82 Å². The van der Waals surface area contributed by atoms with Gasteiger partial charge in [-0.15, -0.1) is 0 Å². The van der Waals surface area contributed by atoms with E-state index in [1.54, 1.807) is 6.07 Å². The predicted molar refractivity (Wildman–Crippen MR) is 66.8 cm³/mol. The summed E-state index contributed by atoms with van der Waals surface area (Å²) < 4.78 is 0. The third kappa shape index (κ3) is 4.38. The van der Waals surface area contributed by atoms with Crippen LogP contribution in [0.4, 0.5) is 5.82 Å². The summed E-state index contributed by atoms with van der Waals surface area (Å²) in [6, 6.07) is 5.74. The van der Waals surface area contributed by atoms with Crippen LogP contribution in [0.25, 0.3) is 0 Å². The van der Waals surface area contributed by atoms with Crippen molar-refractivity contribution in [2.45, 2.75) is 26.4 Å². The van der Waals surface area contributed by atoms with E-state index in [1.807, 2.05) is 30.9 Å². The van der Waals surface area contributed by atoms with Crippen molar-refractivity contribution in [2.24, 2.45) is 11.6 Å². The number of pyridine rings is 1. The third-order valence-electron chi connectivity index (χ3n) is 2.41. The van der Waals surface area contributed by atoms with Gasteiger partial charge in [0.15, 0.2) is 0 Å². The van der Waals surface area contributed by atoms with Gasteiger partial charge in [0, 0.05) is 12.6 Å². The molecule has 0 aliphatic heterocycles. The van der Waals surface area contributed by atoms with Gasteiger partial charge in [0.2, 0.25) is 5.91 Å². The lowest BCUT2D eigenvalue weighted by molar-refractivity contribution is -0.119. The van der Waals surface area contributed by atoms with Crippen molar-refractivity contribution in [1.82, 2.24) is 9.88 Å². The van der Waals surface area contributed by atoms with Crippen LogP contribution in [0.5, 0.6) is 0 Å². The molecule has 0 radical (unpaired) electrons. The normalized spacial score (nSPS) is 10.9. The number of hydrogen-bond acceptors (Lipinski definition) is 5. The summed E-state index contributed by atoms with van der Waals surface area (Å²) in [7, 11) is 0. The van der Waals surface area contributed by atoms with E-state index in [-0.39, 0.29) is 18.5 Å². The number of hydrazine groups is 1. The molecule has 0 unspecified atom stereocenters. The fourth-order valence-electron chi connectivity index (χ4n) is 1.48. The highest BCUT2D eigenvalue weighted by molar-refractivity contribution is 5.75. The molecule has 0 saturated carbocycles. The topological polar surface area (TPSA) is 97.3 Å². The molecule has 1 heterocycles. The molecular weight excluding hydrogens is 218 g/mol. The molecule has 0 aromatic carbocycles. The second-order valence-corrected chi connectivity index (χ2v) is 4.12. The Bertz CT molecular complexity index is 380. The number of aromatic nitrogens is 1. The third-order valence-corrected chi connectivity index (χ3v) is 2.41. The molecule has 0 saturated heterocycles. The largest absolute Gasteiger partial charge is 0.369 e. The maximum Gasteiger partial charge on any atom is 0.231 e. The van der Waals surface area contributed by atoms with E-state index in [9.17, 15) is 4.79 Å². The summed E-state index contributed by atoms with van der Waals surface area (Å²) in [5, 5.41) is 0. The fraction of sp³-hybridized carbons (Fsp3) is 0.455. The Labute approximate surface area is 101 Å². The quantitative estimate of drug-likeness (QED) is 0.480. The first-order valence-corrected chi connectivity index (χ1v) is 5.48. The standard InChI is InChI=1S/C11H19N5O/c1-8(2)16(7-10(12)17)6-9-4-3-5-11(14-9)15-13/h3-5,8H,6-7,13H2,1-2H3,(H2,12,17)(H,14,15). The number of carbonyl (C=O) groups is 1. The molecule has 0 spiro atoms. The summed E-state index contributed by atoms with van der Waals surface area (Å²) in [6.07, 6.45) is 0. The van der Waals surface area contributed by atoms with E-state index in [0.29, 0.717) is 12.4 Å². The second kappa shape index (κ2) is 6.17. The number of nitrogens with zero attached hydrogens (tertiary/aromatic N) is 2. The average molecular weight is 237 g/mol. The van der Waals surface area contributed by atoms with Crippen molar-refractivity contribution in [3.63, 3.8) is 0 Å². The smallest absolute Gasteiger partial charge is 0.231 e. The zero-order valence-corrected chi connectivity index (χ0v) is 10.2. The summed E-state index contributed by atoms with van der Waals surface area (Å²) in [5.74, 6) is 5.55. The summed E-state index contributed by atoms with van der Waals surface area (Å²) in [6.45, 7) is 4.80. The lowest BCUT2D eigenvalue weighted by atomic mass is 10.2. The van der Waals surface area contributed by atoms with E-state index in [4.69, 9.17) is 11.6 Å².